The van der Waals surface area contributed by atoms with Gasteiger partial charge in [0.05, 0.1) is 0 Å². The minimum absolute atomic E-state index is 0.260. The topological polar surface area (TPSA) is 38.0 Å². The Labute approximate surface area is 119 Å². The molecule has 2 heteroatoms. The molecule has 0 heterocycles. The summed E-state index contributed by atoms with van der Waals surface area (Å²) in [6.45, 7) is 6.60. The van der Waals surface area contributed by atoms with Crippen molar-refractivity contribution in [3.63, 3.8) is 0 Å². The molecule has 0 aromatic rings. The van der Waals surface area contributed by atoms with Gasteiger partial charge >= 0.3 is 0 Å². The van der Waals surface area contributed by atoms with E-state index in [4.69, 9.17) is 5.73 Å². The van der Waals surface area contributed by atoms with Crippen LogP contribution in [0.1, 0.15) is 78.1 Å². The van der Waals surface area contributed by atoms with Gasteiger partial charge in [0.25, 0.3) is 0 Å². The largest absolute Gasteiger partial charge is 0.329 e. The Morgan fingerprint density at radius 1 is 0.947 bits per heavy atom. The number of hydrogen-bond acceptors (Lipinski definition) is 2. The fourth-order valence-corrected chi connectivity index (χ4v) is 4.28. The summed E-state index contributed by atoms with van der Waals surface area (Å²) in [5, 5.41) is 3.87. The molecule has 1 spiro atoms. The lowest BCUT2D eigenvalue weighted by Gasteiger charge is -2.45. The van der Waals surface area contributed by atoms with Crippen molar-refractivity contribution in [2.45, 2.75) is 83.6 Å². The maximum Gasteiger partial charge on any atom is 0.0304 e. The molecular formula is C17H34N2. The van der Waals surface area contributed by atoms with Crippen LogP contribution in [0.4, 0.5) is 0 Å². The van der Waals surface area contributed by atoms with Crippen molar-refractivity contribution in [2.75, 3.05) is 13.1 Å². The van der Waals surface area contributed by atoms with Crippen molar-refractivity contribution in [3.8, 4) is 0 Å². The summed E-state index contributed by atoms with van der Waals surface area (Å²) < 4.78 is 0. The Balaban J connectivity index is 1.86. The molecule has 0 aromatic heterocycles. The second kappa shape index (κ2) is 6.58. The molecule has 0 atom stereocenters. The fourth-order valence-electron chi connectivity index (χ4n) is 4.28. The van der Waals surface area contributed by atoms with E-state index in [0.29, 0.717) is 0 Å². The van der Waals surface area contributed by atoms with E-state index in [1.54, 1.807) is 0 Å². The van der Waals surface area contributed by atoms with Crippen molar-refractivity contribution in [1.82, 2.24) is 5.32 Å². The zero-order valence-electron chi connectivity index (χ0n) is 13.1. The minimum atomic E-state index is 0.260. The van der Waals surface area contributed by atoms with Crippen LogP contribution >= 0.6 is 0 Å². The smallest absolute Gasteiger partial charge is 0.0304 e. The third kappa shape index (κ3) is 3.52. The van der Waals surface area contributed by atoms with Gasteiger partial charge in [0.1, 0.15) is 0 Å². The lowest BCUT2D eigenvalue weighted by Crippen LogP contribution is -2.55. The molecule has 2 nitrogen and oxygen atoms in total. The van der Waals surface area contributed by atoms with Crippen LogP contribution in [0.2, 0.25) is 0 Å². The third-order valence-corrected chi connectivity index (χ3v) is 6.24. The molecular weight excluding hydrogens is 232 g/mol. The first-order valence-electron chi connectivity index (χ1n) is 8.63. The van der Waals surface area contributed by atoms with Crippen molar-refractivity contribution in [2.24, 2.45) is 17.1 Å². The summed E-state index contributed by atoms with van der Waals surface area (Å²) in [5.41, 5.74) is 7.11. The summed E-state index contributed by atoms with van der Waals surface area (Å²) in [4.78, 5) is 0. The maximum absolute atomic E-state index is 6.13. The Morgan fingerprint density at radius 2 is 1.53 bits per heavy atom. The van der Waals surface area contributed by atoms with Gasteiger partial charge in [-0.2, -0.15) is 0 Å². The van der Waals surface area contributed by atoms with Gasteiger partial charge in [-0.3, -0.25) is 0 Å². The first-order valence-corrected chi connectivity index (χ1v) is 8.63. The van der Waals surface area contributed by atoms with E-state index in [0.717, 1.165) is 24.4 Å². The maximum atomic E-state index is 6.13. The van der Waals surface area contributed by atoms with E-state index >= 15 is 0 Å². The standard InChI is InChI=1S/C17H34N2/c1-3-15(4-2)13-19-17(14-18)11-9-16(10-12-17)7-5-6-8-16/h15,19H,3-14,18H2,1-2H3. The van der Waals surface area contributed by atoms with Gasteiger partial charge < -0.3 is 11.1 Å². The van der Waals surface area contributed by atoms with E-state index in [1.165, 1.54) is 64.2 Å². The van der Waals surface area contributed by atoms with Gasteiger partial charge in [-0.15, -0.1) is 0 Å². The highest BCUT2D eigenvalue weighted by Gasteiger charge is 2.43. The average molecular weight is 266 g/mol. The summed E-state index contributed by atoms with van der Waals surface area (Å²) in [5.74, 6) is 0.825. The summed E-state index contributed by atoms with van der Waals surface area (Å²) in [7, 11) is 0. The van der Waals surface area contributed by atoms with Crippen LogP contribution in [-0.2, 0) is 0 Å². The Morgan fingerprint density at radius 3 is 2.00 bits per heavy atom. The zero-order valence-corrected chi connectivity index (χ0v) is 13.1. The molecule has 2 aliphatic carbocycles. The van der Waals surface area contributed by atoms with Crippen molar-refractivity contribution >= 4 is 0 Å². The van der Waals surface area contributed by atoms with E-state index in [2.05, 4.69) is 19.2 Å². The van der Waals surface area contributed by atoms with Crippen molar-refractivity contribution < 1.29 is 0 Å². The molecule has 0 radical (unpaired) electrons. The normalized spacial score (nSPS) is 25.3. The highest BCUT2D eigenvalue weighted by molar-refractivity contribution is 5.00. The van der Waals surface area contributed by atoms with Gasteiger partial charge in [0.2, 0.25) is 0 Å². The van der Waals surface area contributed by atoms with E-state index in [1.807, 2.05) is 0 Å². The molecule has 2 rings (SSSR count). The van der Waals surface area contributed by atoms with Gasteiger partial charge in [-0.25, -0.2) is 0 Å². The molecule has 0 aromatic carbocycles. The summed E-state index contributed by atoms with van der Waals surface area (Å²) in [6.07, 6.45) is 13.9. The molecule has 112 valence electrons. The van der Waals surface area contributed by atoms with Crippen LogP contribution in [0.5, 0.6) is 0 Å². The lowest BCUT2D eigenvalue weighted by atomic mass is 9.66. The molecule has 19 heavy (non-hydrogen) atoms. The second-order valence-corrected chi connectivity index (χ2v) is 7.25. The fraction of sp³-hybridized carbons (Fsp3) is 1.00. The highest BCUT2D eigenvalue weighted by atomic mass is 15.0. The predicted molar refractivity (Wildman–Crippen MR) is 83.2 cm³/mol. The molecule has 3 N–H and O–H groups in total. The highest BCUT2D eigenvalue weighted by Crippen LogP contribution is 2.51. The minimum Gasteiger partial charge on any atom is -0.329 e. The van der Waals surface area contributed by atoms with Crippen LogP contribution in [0.15, 0.2) is 0 Å². The summed E-state index contributed by atoms with van der Waals surface area (Å²) >= 11 is 0. The van der Waals surface area contributed by atoms with E-state index in [9.17, 15) is 0 Å². The Kier molecular flexibility index (Phi) is 5.30. The molecule has 0 bridgehead atoms. The molecule has 2 aliphatic rings. The molecule has 2 fully saturated rings. The average Bonchev–Trinajstić information content (AvgIpc) is 2.91. The first-order chi connectivity index (χ1) is 9.17. The third-order valence-electron chi connectivity index (χ3n) is 6.24. The quantitative estimate of drug-likeness (QED) is 0.766. The van der Waals surface area contributed by atoms with Gasteiger partial charge in [-0.1, -0.05) is 39.5 Å². The molecule has 0 saturated heterocycles. The van der Waals surface area contributed by atoms with Gasteiger partial charge in [0, 0.05) is 12.1 Å². The van der Waals surface area contributed by atoms with Crippen LogP contribution in [-0.4, -0.2) is 18.6 Å². The number of nitrogens with two attached hydrogens (primary N) is 1. The first kappa shape index (κ1) is 15.3. The van der Waals surface area contributed by atoms with Crippen LogP contribution in [0, 0.1) is 11.3 Å². The Bertz CT molecular complexity index is 249. The predicted octanol–water partition coefficient (Wildman–Crippen LogP) is 3.84. The lowest BCUT2D eigenvalue weighted by molar-refractivity contribution is 0.111. The van der Waals surface area contributed by atoms with Crippen LogP contribution < -0.4 is 11.1 Å². The van der Waals surface area contributed by atoms with Gasteiger partial charge in [-0.05, 0) is 56.4 Å². The monoisotopic (exact) mass is 266 g/mol. The van der Waals surface area contributed by atoms with E-state index < -0.39 is 0 Å². The Hall–Kier alpha value is -0.0800. The summed E-state index contributed by atoms with van der Waals surface area (Å²) in [6, 6.07) is 0. The SMILES string of the molecule is CCC(CC)CNC1(CN)CCC2(CCCC2)CC1. The molecule has 0 unspecified atom stereocenters. The second-order valence-electron chi connectivity index (χ2n) is 7.25. The van der Waals surface area contributed by atoms with Crippen LogP contribution in [0.3, 0.4) is 0 Å². The van der Waals surface area contributed by atoms with Crippen molar-refractivity contribution in [1.29, 1.82) is 0 Å². The number of rotatable bonds is 6. The van der Waals surface area contributed by atoms with Gasteiger partial charge in [0.15, 0.2) is 0 Å². The zero-order chi connectivity index (χ0) is 13.8. The molecule has 0 amide bonds. The van der Waals surface area contributed by atoms with E-state index in [-0.39, 0.29) is 5.54 Å². The van der Waals surface area contributed by atoms with Crippen molar-refractivity contribution in [3.05, 3.63) is 0 Å². The molecule has 2 saturated carbocycles. The number of nitrogens with one attached hydrogen (secondary N) is 1. The number of hydrogen-bond donors (Lipinski definition) is 2. The molecule has 0 aliphatic heterocycles. The van der Waals surface area contributed by atoms with Crippen LogP contribution in [0.25, 0.3) is 0 Å².